The topological polar surface area (TPSA) is 29.1 Å². The highest BCUT2D eigenvalue weighted by Crippen LogP contribution is 2.89. The Kier molecular flexibility index (Phi) is 0.954. The van der Waals surface area contributed by atoms with Crippen LogP contribution in [0.3, 0.4) is 0 Å². The maximum Gasteiger partial charge on any atom is 0.223 e. The largest absolute Gasteiger partial charge is 0.353 e. The lowest BCUT2D eigenvalue weighted by Crippen LogP contribution is -2.30. The van der Waals surface area contributed by atoms with E-state index in [9.17, 15) is 4.79 Å². The molecule has 3 unspecified atom stereocenters. The Morgan fingerprint density at radius 1 is 0.875 bits per heavy atom. The summed E-state index contributed by atoms with van der Waals surface area (Å²) in [4.78, 5) is 12.1. The molecule has 0 aromatic heterocycles. The number of hydrogen-bond acceptors (Lipinski definition) is 1. The molecule has 9 atom stereocenters. The average molecular weight is 215 g/mol. The van der Waals surface area contributed by atoms with Crippen molar-refractivity contribution in [1.29, 1.82) is 0 Å². The summed E-state index contributed by atoms with van der Waals surface area (Å²) in [6, 6.07) is 0.565. The molecule has 6 bridgehead atoms. The van der Waals surface area contributed by atoms with Crippen LogP contribution in [0.2, 0.25) is 0 Å². The second kappa shape index (κ2) is 1.97. The highest BCUT2D eigenvalue weighted by molar-refractivity contribution is 5.83. The molecule has 2 heteroatoms. The standard InChI is InChI=1S/C14H17NO/c16-14(15-4-1-2-4)13-11-9-6-3-5-7(9)8(5)10(6)12(11)13/h4-13H,1-3H2,(H,15,16)/t5?,6?,7-,8+,9+,10-,11-,12-,13?/m1/s1. The van der Waals surface area contributed by atoms with E-state index >= 15 is 0 Å². The lowest BCUT2D eigenvalue weighted by Gasteiger charge is -2.15. The molecule has 7 aliphatic carbocycles. The average Bonchev–Trinajstić information content (AvgIpc) is 3.22. The van der Waals surface area contributed by atoms with Crippen LogP contribution in [0, 0.1) is 53.3 Å². The molecule has 0 radical (unpaired) electrons. The monoisotopic (exact) mass is 215 g/mol. The molecule has 0 saturated heterocycles. The van der Waals surface area contributed by atoms with Crippen molar-refractivity contribution in [3.05, 3.63) is 0 Å². The van der Waals surface area contributed by atoms with Crippen molar-refractivity contribution in [2.75, 3.05) is 0 Å². The van der Waals surface area contributed by atoms with Crippen LogP contribution in [-0.2, 0) is 4.79 Å². The molecule has 7 rings (SSSR count). The molecule has 7 aliphatic rings. The normalized spacial score (nSPS) is 70.4. The maximum absolute atomic E-state index is 12.1. The Morgan fingerprint density at radius 2 is 1.44 bits per heavy atom. The highest BCUT2D eigenvalue weighted by Gasteiger charge is 2.87. The van der Waals surface area contributed by atoms with Crippen molar-refractivity contribution >= 4 is 5.91 Å². The third kappa shape index (κ3) is 0.613. The third-order valence-electron chi connectivity index (χ3n) is 6.96. The molecule has 84 valence electrons. The SMILES string of the molecule is O=C(NC1CC1)C1[C@@H]2[C@@H]3C4CC5[C@H]([C@H]53)[C@H]4[C@@H]12. The van der Waals surface area contributed by atoms with Gasteiger partial charge >= 0.3 is 0 Å². The summed E-state index contributed by atoms with van der Waals surface area (Å²) < 4.78 is 0. The zero-order valence-electron chi connectivity index (χ0n) is 9.30. The smallest absolute Gasteiger partial charge is 0.223 e. The van der Waals surface area contributed by atoms with Gasteiger partial charge in [0.15, 0.2) is 0 Å². The summed E-state index contributed by atoms with van der Waals surface area (Å²) in [6.07, 6.45) is 4.02. The van der Waals surface area contributed by atoms with Gasteiger partial charge in [-0.05, 0) is 66.6 Å². The maximum atomic E-state index is 12.1. The van der Waals surface area contributed by atoms with Crippen LogP contribution in [0.1, 0.15) is 19.3 Å². The molecule has 0 heterocycles. The fourth-order valence-electron chi connectivity index (χ4n) is 6.59. The second-order valence-electron chi connectivity index (χ2n) is 7.34. The van der Waals surface area contributed by atoms with Gasteiger partial charge in [-0.2, -0.15) is 0 Å². The molecule has 16 heavy (non-hydrogen) atoms. The Morgan fingerprint density at radius 3 is 1.94 bits per heavy atom. The van der Waals surface area contributed by atoms with Gasteiger partial charge in [0.05, 0.1) is 0 Å². The number of fused-ring (bicyclic) bond motifs is 1. The molecule has 1 amide bonds. The van der Waals surface area contributed by atoms with E-state index in [0.717, 1.165) is 47.3 Å². The minimum atomic E-state index is 0.436. The van der Waals surface area contributed by atoms with Crippen molar-refractivity contribution in [2.45, 2.75) is 25.3 Å². The Balaban J connectivity index is 1.30. The van der Waals surface area contributed by atoms with Crippen LogP contribution < -0.4 is 5.32 Å². The van der Waals surface area contributed by atoms with Gasteiger partial charge in [0.25, 0.3) is 0 Å². The van der Waals surface area contributed by atoms with Crippen LogP contribution in [0.4, 0.5) is 0 Å². The lowest BCUT2D eigenvalue weighted by atomic mass is 9.91. The fraction of sp³-hybridized carbons (Fsp3) is 0.929. The van der Waals surface area contributed by atoms with Gasteiger partial charge in [0.2, 0.25) is 5.91 Å². The highest BCUT2D eigenvalue weighted by atomic mass is 16.2. The molecule has 0 aromatic rings. The van der Waals surface area contributed by atoms with Gasteiger partial charge in [0, 0.05) is 12.0 Å². The van der Waals surface area contributed by atoms with E-state index in [1.54, 1.807) is 6.42 Å². The number of hydrogen-bond donors (Lipinski definition) is 1. The van der Waals surface area contributed by atoms with Crippen LogP contribution in [0.15, 0.2) is 0 Å². The van der Waals surface area contributed by atoms with Crippen molar-refractivity contribution in [3.8, 4) is 0 Å². The third-order valence-corrected chi connectivity index (χ3v) is 6.96. The van der Waals surface area contributed by atoms with E-state index in [1.807, 2.05) is 0 Å². The van der Waals surface area contributed by atoms with E-state index in [4.69, 9.17) is 0 Å². The van der Waals surface area contributed by atoms with Gasteiger partial charge in [0.1, 0.15) is 0 Å². The zero-order chi connectivity index (χ0) is 10.2. The first kappa shape index (κ1) is 7.73. The van der Waals surface area contributed by atoms with Crippen molar-refractivity contribution in [3.63, 3.8) is 0 Å². The van der Waals surface area contributed by atoms with Crippen molar-refractivity contribution in [1.82, 2.24) is 5.32 Å². The summed E-state index contributed by atoms with van der Waals surface area (Å²) in [5, 5.41) is 3.23. The van der Waals surface area contributed by atoms with E-state index in [1.165, 1.54) is 12.8 Å². The molecule has 2 nitrogen and oxygen atoms in total. The molecule has 7 fully saturated rings. The van der Waals surface area contributed by atoms with Gasteiger partial charge in [-0.15, -0.1) is 0 Å². The lowest BCUT2D eigenvalue weighted by molar-refractivity contribution is -0.123. The molecule has 0 spiro atoms. The first-order chi connectivity index (χ1) is 7.86. The van der Waals surface area contributed by atoms with Gasteiger partial charge < -0.3 is 5.32 Å². The zero-order valence-corrected chi connectivity index (χ0v) is 9.30. The minimum Gasteiger partial charge on any atom is -0.353 e. The minimum absolute atomic E-state index is 0.436. The van der Waals surface area contributed by atoms with Crippen LogP contribution in [0.5, 0.6) is 0 Å². The van der Waals surface area contributed by atoms with Crippen molar-refractivity contribution < 1.29 is 4.79 Å². The van der Waals surface area contributed by atoms with E-state index in [2.05, 4.69) is 5.32 Å². The van der Waals surface area contributed by atoms with Crippen LogP contribution in [-0.4, -0.2) is 11.9 Å². The number of carbonyl (C=O) groups excluding carboxylic acids is 1. The summed E-state index contributed by atoms with van der Waals surface area (Å²) >= 11 is 0. The summed E-state index contributed by atoms with van der Waals surface area (Å²) in [5.41, 5.74) is 0. The first-order valence-corrected chi connectivity index (χ1v) is 7.16. The van der Waals surface area contributed by atoms with Gasteiger partial charge in [-0.1, -0.05) is 0 Å². The van der Waals surface area contributed by atoms with Crippen molar-refractivity contribution in [2.24, 2.45) is 53.3 Å². The quantitative estimate of drug-likeness (QED) is 0.738. The Labute approximate surface area is 95.2 Å². The van der Waals surface area contributed by atoms with Gasteiger partial charge in [-0.3, -0.25) is 4.79 Å². The van der Waals surface area contributed by atoms with Gasteiger partial charge in [-0.25, -0.2) is 0 Å². The number of amides is 1. The molecule has 1 N–H and O–H groups in total. The number of rotatable bonds is 2. The molecule has 0 aliphatic heterocycles. The van der Waals surface area contributed by atoms with Crippen LogP contribution in [0.25, 0.3) is 0 Å². The first-order valence-electron chi connectivity index (χ1n) is 7.16. The Bertz CT molecular complexity index is 404. The number of carbonyl (C=O) groups is 1. The molecule has 7 saturated carbocycles. The molecule has 0 aromatic carbocycles. The van der Waals surface area contributed by atoms with Crippen LogP contribution >= 0.6 is 0 Å². The fourth-order valence-corrected chi connectivity index (χ4v) is 6.59. The molecular weight excluding hydrogens is 198 g/mol. The molecular formula is C14H17NO. The van der Waals surface area contributed by atoms with E-state index < -0.39 is 0 Å². The summed E-state index contributed by atoms with van der Waals surface area (Å²) in [7, 11) is 0. The second-order valence-corrected chi connectivity index (χ2v) is 7.34. The Hall–Kier alpha value is -0.530. The van der Waals surface area contributed by atoms with E-state index in [0.29, 0.717) is 17.9 Å². The predicted molar refractivity (Wildman–Crippen MR) is 57.2 cm³/mol. The predicted octanol–water partition coefficient (Wildman–Crippen LogP) is 1.27. The number of nitrogens with one attached hydrogen (secondary N) is 1. The summed E-state index contributed by atoms with van der Waals surface area (Å²) in [5.74, 6) is 9.07. The summed E-state index contributed by atoms with van der Waals surface area (Å²) in [6.45, 7) is 0. The van der Waals surface area contributed by atoms with E-state index in [-0.39, 0.29) is 0 Å².